The van der Waals surface area contributed by atoms with E-state index < -0.39 is 5.92 Å². The van der Waals surface area contributed by atoms with E-state index in [1.165, 1.54) is 0 Å². The average molecular weight is 327 g/mol. The Bertz CT molecular complexity index is 594. The van der Waals surface area contributed by atoms with Gasteiger partial charge in [0, 0.05) is 19.6 Å². The lowest BCUT2D eigenvalue weighted by Crippen LogP contribution is -2.42. The van der Waals surface area contributed by atoms with Gasteiger partial charge in [-0.25, -0.2) is 0 Å². The van der Waals surface area contributed by atoms with Crippen molar-refractivity contribution in [1.82, 2.24) is 9.80 Å². The molecule has 0 radical (unpaired) electrons. The summed E-state index contributed by atoms with van der Waals surface area (Å²) in [5.74, 6) is -0.904. The lowest BCUT2D eigenvalue weighted by Gasteiger charge is -2.23. The molecule has 24 heavy (non-hydrogen) atoms. The molecule has 1 fully saturated rings. The molecule has 1 aliphatic heterocycles. The van der Waals surface area contributed by atoms with Crippen LogP contribution in [0.15, 0.2) is 30.3 Å². The zero-order valence-corrected chi connectivity index (χ0v) is 14.3. The molecule has 0 aliphatic carbocycles. The van der Waals surface area contributed by atoms with Gasteiger partial charge in [0.2, 0.25) is 11.8 Å². The zero-order chi connectivity index (χ0) is 17.4. The lowest BCUT2D eigenvalue weighted by atomic mass is 9.99. The van der Waals surface area contributed by atoms with Crippen molar-refractivity contribution in [2.75, 3.05) is 26.2 Å². The number of hydrogen-bond donors (Lipinski definition) is 0. The summed E-state index contributed by atoms with van der Waals surface area (Å²) in [6.07, 6.45) is 2.86. The fourth-order valence-electron chi connectivity index (χ4n) is 3.03. The highest BCUT2D eigenvalue weighted by Gasteiger charge is 2.29. The van der Waals surface area contributed by atoms with E-state index in [1.54, 1.807) is 4.90 Å². The van der Waals surface area contributed by atoms with Crippen LogP contribution in [0.25, 0.3) is 0 Å². The van der Waals surface area contributed by atoms with Crippen LogP contribution in [0.2, 0.25) is 0 Å². The highest BCUT2D eigenvalue weighted by molar-refractivity contribution is 5.87. The first kappa shape index (κ1) is 18.0. The molecule has 0 N–H and O–H groups in total. The lowest BCUT2D eigenvalue weighted by molar-refractivity contribution is -0.140. The van der Waals surface area contributed by atoms with Crippen LogP contribution < -0.4 is 0 Å². The van der Waals surface area contributed by atoms with Crippen molar-refractivity contribution in [3.05, 3.63) is 35.9 Å². The summed E-state index contributed by atoms with van der Waals surface area (Å²) < 4.78 is 0. The maximum atomic E-state index is 12.6. The third-order valence-electron chi connectivity index (χ3n) is 4.36. The zero-order valence-electron chi connectivity index (χ0n) is 14.3. The Labute approximate surface area is 143 Å². The molecule has 5 heteroatoms. The number of benzene rings is 1. The minimum absolute atomic E-state index is 0.0116. The summed E-state index contributed by atoms with van der Waals surface area (Å²) in [5, 5.41) is 9.38. The van der Waals surface area contributed by atoms with Gasteiger partial charge in [0.1, 0.15) is 5.92 Å². The number of hydrogen-bond acceptors (Lipinski definition) is 3. The van der Waals surface area contributed by atoms with Gasteiger partial charge in [0.25, 0.3) is 0 Å². The Morgan fingerprint density at radius 1 is 1.29 bits per heavy atom. The molecule has 0 unspecified atom stereocenters. The van der Waals surface area contributed by atoms with Gasteiger partial charge in [-0.3, -0.25) is 9.59 Å². The van der Waals surface area contributed by atoms with Gasteiger partial charge in [-0.05, 0) is 31.2 Å². The Morgan fingerprint density at radius 2 is 2.04 bits per heavy atom. The molecule has 2 amide bonds. The second-order valence-corrected chi connectivity index (χ2v) is 6.20. The minimum atomic E-state index is -0.685. The smallest absolute Gasteiger partial charge is 0.242 e. The van der Waals surface area contributed by atoms with Crippen LogP contribution >= 0.6 is 0 Å². The first-order chi connectivity index (χ1) is 11.7. The molecule has 1 heterocycles. The van der Waals surface area contributed by atoms with Crippen molar-refractivity contribution in [3.8, 4) is 6.07 Å². The summed E-state index contributed by atoms with van der Waals surface area (Å²) in [5.41, 5.74) is 1.12. The van der Waals surface area contributed by atoms with Gasteiger partial charge in [0.15, 0.2) is 0 Å². The fourth-order valence-corrected chi connectivity index (χ4v) is 3.03. The maximum Gasteiger partial charge on any atom is 0.242 e. The predicted octanol–water partition coefficient (Wildman–Crippen LogP) is 2.23. The highest BCUT2D eigenvalue weighted by atomic mass is 16.2. The third kappa shape index (κ3) is 4.82. The Hall–Kier alpha value is -2.35. The monoisotopic (exact) mass is 327 g/mol. The third-order valence-corrected chi connectivity index (χ3v) is 4.36. The molecule has 1 aromatic rings. The Morgan fingerprint density at radius 3 is 2.71 bits per heavy atom. The molecule has 1 aromatic carbocycles. The van der Waals surface area contributed by atoms with E-state index in [0.29, 0.717) is 25.9 Å². The number of rotatable bonds is 6. The first-order valence-corrected chi connectivity index (χ1v) is 8.65. The normalized spacial score (nSPS) is 16.4. The number of aryl methyl sites for hydroxylation is 1. The molecule has 5 nitrogen and oxygen atoms in total. The SMILES string of the molecule is CCCN1CCCN(C(=O)[C@H](C#N)CCc2ccccc2)CC1=O. The molecule has 1 saturated heterocycles. The molecule has 0 bridgehead atoms. The van der Waals surface area contributed by atoms with Crippen molar-refractivity contribution in [3.63, 3.8) is 0 Å². The molecular weight excluding hydrogens is 302 g/mol. The molecular formula is C19H25N3O2. The van der Waals surface area contributed by atoms with Gasteiger partial charge in [-0.2, -0.15) is 5.26 Å². The minimum Gasteiger partial charge on any atom is -0.341 e. The van der Waals surface area contributed by atoms with Gasteiger partial charge in [-0.15, -0.1) is 0 Å². The summed E-state index contributed by atoms with van der Waals surface area (Å²) in [4.78, 5) is 28.3. The quantitative estimate of drug-likeness (QED) is 0.805. The van der Waals surface area contributed by atoms with E-state index in [0.717, 1.165) is 24.9 Å². The molecule has 2 rings (SSSR count). The van der Waals surface area contributed by atoms with E-state index in [-0.39, 0.29) is 18.4 Å². The van der Waals surface area contributed by atoms with Crippen molar-refractivity contribution in [1.29, 1.82) is 5.26 Å². The molecule has 128 valence electrons. The summed E-state index contributed by atoms with van der Waals surface area (Å²) in [6.45, 7) is 4.11. The standard InChI is InChI=1S/C19H25N3O2/c1-2-11-21-12-6-13-22(15-18(21)23)19(24)17(14-20)10-9-16-7-4-3-5-8-16/h3-5,7-8,17H,2,6,9-13,15H2,1H3/t17-/m0/s1. The Kier molecular flexibility index (Phi) is 6.80. The first-order valence-electron chi connectivity index (χ1n) is 8.65. The molecule has 0 saturated carbocycles. The number of carbonyl (C=O) groups excluding carboxylic acids is 2. The van der Waals surface area contributed by atoms with Crippen molar-refractivity contribution < 1.29 is 9.59 Å². The van der Waals surface area contributed by atoms with Gasteiger partial charge in [0.05, 0.1) is 12.6 Å². The van der Waals surface area contributed by atoms with Crippen LogP contribution in [-0.2, 0) is 16.0 Å². The summed E-state index contributed by atoms with van der Waals surface area (Å²) in [7, 11) is 0. The van der Waals surface area contributed by atoms with E-state index in [4.69, 9.17) is 0 Å². The van der Waals surface area contributed by atoms with E-state index in [9.17, 15) is 14.9 Å². The average Bonchev–Trinajstić information content (AvgIpc) is 2.78. The predicted molar refractivity (Wildman–Crippen MR) is 91.9 cm³/mol. The van der Waals surface area contributed by atoms with Crippen LogP contribution in [0.3, 0.4) is 0 Å². The van der Waals surface area contributed by atoms with Gasteiger partial charge >= 0.3 is 0 Å². The molecule has 0 spiro atoms. The van der Waals surface area contributed by atoms with E-state index >= 15 is 0 Å². The van der Waals surface area contributed by atoms with E-state index in [1.807, 2.05) is 42.2 Å². The number of nitrogens with zero attached hydrogens (tertiary/aromatic N) is 3. The van der Waals surface area contributed by atoms with Crippen LogP contribution in [0.1, 0.15) is 31.7 Å². The second kappa shape index (κ2) is 9.07. The van der Waals surface area contributed by atoms with Crippen LogP contribution in [-0.4, -0.2) is 47.8 Å². The summed E-state index contributed by atoms with van der Waals surface area (Å²) in [6, 6.07) is 12.0. The van der Waals surface area contributed by atoms with Crippen LogP contribution in [0, 0.1) is 17.2 Å². The molecule has 1 aliphatic rings. The second-order valence-electron chi connectivity index (χ2n) is 6.20. The van der Waals surface area contributed by atoms with Crippen molar-refractivity contribution >= 4 is 11.8 Å². The topological polar surface area (TPSA) is 64.4 Å². The van der Waals surface area contributed by atoms with E-state index in [2.05, 4.69) is 6.07 Å². The maximum absolute atomic E-state index is 12.6. The van der Waals surface area contributed by atoms with Gasteiger partial charge in [-0.1, -0.05) is 37.3 Å². The van der Waals surface area contributed by atoms with Crippen LogP contribution in [0.4, 0.5) is 0 Å². The number of nitriles is 1. The number of amides is 2. The molecule has 0 aromatic heterocycles. The highest BCUT2D eigenvalue weighted by Crippen LogP contribution is 2.15. The van der Waals surface area contributed by atoms with Gasteiger partial charge < -0.3 is 9.80 Å². The molecule has 1 atom stereocenters. The summed E-state index contributed by atoms with van der Waals surface area (Å²) >= 11 is 0. The Balaban J connectivity index is 1.95. The largest absolute Gasteiger partial charge is 0.341 e. The van der Waals surface area contributed by atoms with Crippen LogP contribution in [0.5, 0.6) is 0 Å². The van der Waals surface area contributed by atoms with Crippen molar-refractivity contribution in [2.45, 2.75) is 32.6 Å². The fraction of sp³-hybridized carbons (Fsp3) is 0.526. The van der Waals surface area contributed by atoms with Crippen molar-refractivity contribution in [2.24, 2.45) is 5.92 Å². The number of carbonyl (C=O) groups is 2.